The molecule has 0 saturated heterocycles. The molecular weight excluding hydrogens is 347 g/mol. The summed E-state index contributed by atoms with van der Waals surface area (Å²) in [7, 11) is 0. The van der Waals surface area contributed by atoms with Crippen molar-refractivity contribution in [3.63, 3.8) is 0 Å². The van der Waals surface area contributed by atoms with Crippen LogP contribution in [0.1, 0.15) is 31.0 Å². The Balaban J connectivity index is 2.02. The largest absolute Gasteiger partial charge is 0.466 e. The van der Waals surface area contributed by atoms with Gasteiger partial charge in [-0.25, -0.2) is 4.39 Å². The van der Waals surface area contributed by atoms with Crippen LogP contribution in [0.4, 0.5) is 4.39 Å². The quantitative estimate of drug-likeness (QED) is 0.474. The Labute approximate surface area is 159 Å². The van der Waals surface area contributed by atoms with Gasteiger partial charge in [-0.2, -0.15) is 0 Å². The van der Waals surface area contributed by atoms with Crippen molar-refractivity contribution in [2.24, 2.45) is 0 Å². The number of hydrogen-bond donors (Lipinski definition) is 0. The minimum atomic E-state index is -0.371. The summed E-state index contributed by atoms with van der Waals surface area (Å²) in [5.41, 5.74) is 1.92. The third-order valence-corrected chi connectivity index (χ3v) is 4.09. The van der Waals surface area contributed by atoms with Gasteiger partial charge >= 0.3 is 5.97 Å². The minimum Gasteiger partial charge on any atom is -0.466 e. The fourth-order valence-electron chi connectivity index (χ4n) is 2.74. The summed E-state index contributed by atoms with van der Waals surface area (Å²) in [5.74, 6) is -0.766. The molecule has 0 aliphatic rings. The van der Waals surface area contributed by atoms with E-state index in [4.69, 9.17) is 4.74 Å². The molecule has 0 saturated carbocycles. The van der Waals surface area contributed by atoms with Crippen molar-refractivity contribution in [3.8, 4) is 0 Å². The molecule has 0 radical (unpaired) electrons. The van der Waals surface area contributed by atoms with Gasteiger partial charge in [0.05, 0.1) is 19.6 Å². The van der Waals surface area contributed by atoms with Crippen LogP contribution in [0.15, 0.2) is 55.3 Å². The zero-order valence-electron chi connectivity index (χ0n) is 15.6. The van der Waals surface area contributed by atoms with Crippen molar-refractivity contribution in [1.29, 1.82) is 0 Å². The molecular formula is C21H25FN2O3. The van der Waals surface area contributed by atoms with Crippen molar-refractivity contribution in [2.45, 2.75) is 32.9 Å². The SMILES string of the molecule is C=CCN(Cc1cccn1Cc1ccc(F)cc1)C(=O)CCC(=O)OCC. The molecule has 0 N–H and O–H groups in total. The maximum atomic E-state index is 13.1. The fraction of sp³-hybridized carbons (Fsp3) is 0.333. The Hall–Kier alpha value is -2.89. The molecule has 2 aromatic rings. The normalized spacial score (nSPS) is 10.4. The molecule has 1 aromatic carbocycles. The van der Waals surface area contributed by atoms with E-state index < -0.39 is 0 Å². The van der Waals surface area contributed by atoms with Crippen LogP contribution in [-0.4, -0.2) is 34.5 Å². The number of halogens is 1. The van der Waals surface area contributed by atoms with Crippen LogP contribution < -0.4 is 0 Å². The summed E-state index contributed by atoms with van der Waals surface area (Å²) in [5, 5.41) is 0. The molecule has 27 heavy (non-hydrogen) atoms. The summed E-state index contributed by atoms with van der Waals surface area (Å²) in [6.07, 6.45) is 3.76. The van der Waals surface area contributed by atoms with Crippen LogP contribution in [0.3, 0.4) is 0 Å². The lowest BCUT2D eigenvalue weighted by Gasteiger charge is -2.22. The molecule has 0 aliphatic carbocycles. The van der Waals surface area contributed by atoms with Crippen LogP contribution in [0.5, 0.6) is 0 Å². The minimum absolute atomic E-state index is 0.0664. The Bertz CT molecular complexity index is 768. The standard InChI is InChI=1S/C21H25FN2O3/c1-3-13-24(20(25)11-12-21(26)27-4-2)16-19-6-5-14-23(19)15-17-7-9-18(22)10-8-17/h3,5-10,14H,1,4,11-13,15-16H2,2H3. The van der Waals surface area contributed by atoms with E-state index in [1.54, 1.807) is 30.0 Å². The van der Waals surface area contributed by atoms with Gasteiger partial charge in [0.15, 0.2) is 0 Å². The predicted octanol–water partition coefficient (Wildman–Crippen LogP) is 3.53. The second-order valence-electron chi connectivity index (χ2n) is 6.12. The van der Waals surface area contributed by atoms with E-state index in [0.717, 1.165) is 11.3 Å². The van der Waals surface area contributed by atoms with E-state index in [9.17, 15) is 14.0 Å². The summed E-state index contributed by atoms with van der Waals surface area (Å²) in [6.45, 7) is 7.13. The Morgan fingerprint density at radius 1 is 1.22 bits per heavy atom. The average Bonchev–Trinajstić information content (AvgIpc) is 3.08. The predicted molar refractivity (Wildman–Crippen MR) is 101 cm³/mol. The highest BCUT2D eigenvalue weighted by atomic mass is 19.1. The van der Waals surface area contributed by atoms with Crippen LogP contribution in [0, 0.1) is 5.82 Å². The van der Waals surface area contributed by atoms with E-state index in [1.165, 1.54) is 12.1 Å². The molecule has 0 unspecified atom stereocenters. The number of esters is 1. The lowest BCUT2D eigenvalue weighted by atomic mass is 10.2. The molecule has 0 bridgehead atoms. The number of rotatable bonds is 10. The molecule has 0 spiro atoms. The zero-order valence-corrected chi connectivity index (χ0v) is 15.6. The number of aromatic nitrogens is 1. The number of benzene rings is 1. The van der Waals surface area contributed by atoms with Gasteiger partial charge in [-0.15, -0.1) is 6.58 Å². The number of nitrogens with zero attached hydrogens (tertiary/aromatic N) is 2. The van der Waals surface area contributed by atoms with Gasteiger partial charge < -0.3 is 14.2 Å². The topological polar surface area (TPSA) is 51.5 Å². The van der Waals surface area contributed by atoms with Gasteiger partial charge in [0.25, 0.3) is 0 Å². The third-order valence-electron chi connectivity index (χ3n) is 4.09. The summed E-state index contributed by atoms with van der Waals surface area (Å²) < 4.78 is 20.0. The molecule has 0 atom stereocenters. The van der Waals surface area contributed by atoms with Gasteiger partial charge in [-0.3, -0.25) is 9.59 Å². The smallest absolute Gasteiger partial charge is 0.306 e. The van der Waals surface area contributed by atoms with Crippen molar-refractivity contribution in [3.05, 3.63) is 72.3 Å². The Morgan fingerprint density at radius 3 is 2.63 bits per heavy atom. The molecule has 2 rings (SSSR count). The van der Waals surface area contributed by atoms with E-state index in [-0.39, 0.29) is 30.5 Å². The highest BCUT2D eigenvalue weighted by Gasteiger charge is 2.16. The summed E-state index contributed by atoms with van der Waals surface area (Å²) in [4.78, 5) is 25.6. The lowest BCUT2D eigenvalue weighted by molar-refractivity contribution is -0.145. The van der Waals surface area contributed by atoms with Crippen molar-refractivity contribution in [2.75, 3.05) is 13.2 Å². The van der Waals surface area contributed by atoms with Crippen molar-refractivity contribution >= 4 is 11.9 Å². The lowest BCUT2D eigenvalue weighted by Crippen LogP contribution is -2.32. The van der Waals surface area contributed by atoms with Gasteiger partial charge in [0.2, 0.25) is 5.91 Å². The summed E-state index contributed by atoms with van der Waals surface area (Å²) in [6, 6.07) is 10.2. The van der Waals surface area contributed by atoms with Gasteiger partial charge in [-0.1, -0.05) is 18.2 Å². The van der Waals surface area contributed by atoms with Crippen LogP contribution in [-0.2, 0) is 27.4 Å². The second kappa shape index (κ2) is 10.3. The molecule has 6 heteroatoms. The number of carbonyl (C=O) groups excluding carboxylic acids is 2. The zero-order chi connectivity index (χ0) is 19.6. The first-order chi connectivity index (χ1) is 13.0. The third kappa shape index (κ3) is 6.40. The first-order valence-electron chi connectivity index (χ1n) is 8.96. The first kappa shape index (κ1) is 20.4. The molecule has 0 aliphatic heterocycles. The molecule has 1 heterocycles. The molecule has 144 valence electrons. The number of ether oxygens (including phenoxy) is 1. The maximum Gasteiger partial charge on any atom is 0.306 e. The van der Waals surface area contributed by atoms with E-state index >= 15 is 0 Å². The summed E-state index contributed by atoms with van der Waals surface area (Å²) >= 11 is 0. The van der Waals surface area contributed by atoms with E-state index in [2.05, 4.69) is 6.58 Å². The highest BCUT2D eigenvalue weighted by molar-refractivity contribution is 5.81. The van der Waals surface area contributed by atoms with Gasteiger partial charge in [0.1, 0.15) is 5.82 Å². The number of carbonyl (C=O) groups is 2. The molecule has 0 fully saturated rings. The second-order valence-corrected chi connectivity index (χ2v) is 6.12. The Kier molecular flexibility index (Phi) is 7.79. The van der Waals surface area contributed by atoms with Crippen LogP contribution in [0.25, 0.3) is 0 Å². The van der Waals surface area contributed by atoms with Crippen molar-refractivity contribution < 1.29 is 18.7 Å². The van der Waals surface area contributed by atoms with Crippen molar-refractivity contribution in [1.82, 2.24) is 9.47 Å². The van der Waals surface area contributed by atoms with Crippen LogP contribution in [0.2, 0.25) is 0 Å². The van der Waals surface area contributed by atoms with Crippen LogP contribution >= 0.6 is 0 Å². The molecule has 1 aromatic heterocycles. The average molecular weight is 372 g/mol. The monoisotopic (exact) mass is 372 g/mol. The first-order valence-corrected chi connectivity index (χ1v) is 8.96. The number of amides is 1. The van der Waals surface area contributed by atoms with E-state index in [1.807, 2.05) is 22.9 Å². The molecule has 5 nitrogen and oxygen atoms in total. The highest BCUT2D eigenvalue weighted by Crippen LogP contribution is 2.13. The molecule has 1 amide bonds. The fourth-order valence-corrected chi connectivity index (χ4v) is 2.74. The number of hydrogen-bond acceptors (Lipinski definition) is 3. The Morgan fingerprint density at radius 2 is 1.96 bits per heavy atom. The van der Waals surface area contributed by atoms with Gasteiger partial charge in [-0.05, 0) is 36.8 Å². The maximum absolute atomic E-state index is 13.1. The van der Waals surface area contributed by atoms with E-state index in [0.29, 0.717) is 26.2 Å². The van der Waals surface area contributed by atoms with Gasteiger partial charge in [0, 0.05) is 31.4 Å².